The number of unbranched alkanes of at least 4 members (excludes halogenated alkanes) is 1. The number of esters is 1. The largest absolute Gasteiger partial charge is 0.494 e. The Bertz CT molecular complexity index is 918. The third-order valence-electron chi connectivity index (χ3n) is 3.83. The quantitative estimate of drug-likeness (QED) is 0.408. The van der Waals surface area contributed by atoms with Crippen molar-refractivity contribution in [2.75, 3.05) is 13.2 Å². The molecular weight excluding hydrogens is 378 g/mol. The van der Waals surface area contributed by atoms with Crippen molar-refractivity contribution >= 4 is 11.9 Å². The van der Waals surface area contributed by atoms with Crippen LogP contribution >= 0.6 is 0 Å². The van der Waals surface area contributed by atoms with Gasteiger partial charge in [-0.1, -0.05) is 13.3 Å². The van der Waals surface area contributed by atoms with Crippen LogP contribution < -0.4 is 10.1 Å². The van der Waals surface area contributed by atoms with Crippen molar-refractivity contribution in [1.29, 1.82) is 0 Å². The molecule has 0 spiro atoms. The molecule has 3 aromatic rings. The highest BCUT2D eigenvalue weighted by atomic mass is 16.5. The molecule has 29 heavy (non-hydrogen) atoms. The molecule has 0 atom stereocenters. The van der Waals surface area contributed by atoms with Crippen LogP contribution in [0.4, 0.5) is 0 Å². The lowest BCUT2D eigenvalue weighted by Gasteiger charge is -2.07. The fraction of sp³-hybridized carbons (Fsp3) is 0.300. The molecule has 0 saturated carbocycles. The maximum Gasteiger partial charge on any atom is 0.325 e. The minimum absolute atomic E-state index is 0.120. The Morgan fingerprint density at radius 2 is 1.97 bits per heavy atom. The van der Waals surface area contributed by atoms with Gasteiger partial charge in [0, 0.05) is 5.56 Å². The summed E-state index contributed by atoms with van der Waals surface area (Å²) in [4.78, 5) is 23.9. The molecule has 2 aromatic heterocycles. The van der Waals surface area contributed by atoms with Crippen molar-refractivity contribution in [3.63, 3.8) is 0 Å². The highest BCUT2D eigenvalue weighted by Gasteiger charge is 2.14. The molecular formula is C20H21N3O6. The molecule has 3 rings (SSSR count). The third-order valence-corrected chi connectivity index (χ3v) is 3.83. The zero-order valence-electron chi connectivity index (χ0n) is 15.9. The molecule has 0 aliphatic heterocycles. The zero-order valence-corrected chi connectivity index (χ0v) is 15.9. The van der Waals surface area contributed by atoms with Gasteiger partial charge >= 0.3 is 5.97 Å². The van der Waals surface area contributed by atoms with Crippen molar-refractivity contribution in [2.24, 2.45) is 0 Å². The second-order valence-electron chi connectivity index (χ2n) is 6.05. The average molecular weight is 399 g/mol. The number of carbonyl (C=O) groups is 2. The van der Waals surface area contributed by atoms with Crippen molar-refractivity contribution in [3.05, 3.63) is 54.1 Å². The van der Waals surface area contributed by atoms with E-state index in [2.05, 4.69) is 22.4 Å². The number of nitrogens with one attached hydrogen (secondary N) is 1. The summed E-state index contributed by atoms with van der Waals surface area (Å²) in [5.41, 5.74) is 0.417. The maximum absolute atomic E-state index is 12.1. The van der Waals surface area contributed by atoms with Crippen LogP contribution in [0.15, 0.2) is 51.5 Å². The first-order chi connectivity index (χ1) is 14.2. The average Bonchev–Trinajstić information content (AvgIpc) is 3.43. The Morgan fingerprint density at radius 1 is 1.14 bits per heavy atom. The van der Waals surface area contributed by atoms with Gasteiger partial charge in [0.2, 0.25) is 0 Å². The van der Waals surface area contributed by atoms with E-state index in [0.717, 1.165) is 12.8 Å². The number of rotatable bonds is 10. The predicted molar refractivity (Wildman–Crippen MR) is 101 cm³/mol. The summed E-state index contributed by atoms with van der Waals surface area (Å²) in [7, 11) is 0. The van der Waals surface area contributed by atoms with E-state index < -0.39 is 5.97 Å². The van der Waals surface area contributed by atoms with Crippen molar-refractivity contribution in [1.82, 2.24) is 15.5 Å². The van der Waals surface area contributed by atoms with Gasteiger partial charge < -0.3 is 23.6 Å². The van der Waals surface area contributed by atoms with Crippen LogP contribution in [0.1, 0.15) is 36.0 Å². The van der Waals surface area contributed by atoms with E-state index in [1.807, 2.05) is 0 Å². The molecule has 0 saturated heterocycles. The fourth-order valence-corrected chi connectivity index (χ4v) is 2.30. The smallest absolute Gasteiger partial charge is 0.325 e. The van der Waals surface area contributed by atoms with Gasteiger partial charge in [-0.3, -0.25) is 9.59 Å². The number of ether oxygens (including phenoxy) is 2. The maximum atomic E-state index is 12.1. The standard InChI is InChI=1S/C20H21N3O6/c1-2-3-10-26-15-8-6-14(7-9-15)19(25)21-12-18(24)28-13-17-22-23-20(29-17)16-5-4-11-27-16/h4-9,11H,2-3,10,12-13H2,1H3,(H,21,25). The predicted octanol–water partition coefficient (Wildman–Crippen LogP) is 2.98. The number of hydrogen-bond donors (Lipinski definition) is 1. The second kappa shape index (κ2) is 10.1. The van der Waals surface area contributed by atoms with Crippen LogP contribution in [0.2, 0.25) is 0 Å². The molecule has 2 heterocycles. The highest BCUT2D eigenvalue weighted by molar-refractivity contribution is 5.96. The molecule has 1 N–H and O–H groups in total. The van der Waals surface area contributed by atoms with E-state index in [4.69, 9.17) is 18.3 Å². The number of carbonyl (C=O) groups excluding carboxylic acids is 2. The van der Waals surface area contributed by atoms with Crippen LogP contribution in [0.3, 0.4) is 0 Å². The summed E-state index contributed by atoms with van der Waals surface area (Å²) in [6.45, 7) is 2.23. The number of hydrogen-bond acceptors (Lipinski definition) is 8. The Labute approximate surface area is 167 Å². The Hall–Kier alpha value is -3.62. The summed E-state index contributed by atoms with van der Waals surface area (Å²) in [6.07, 6.45) is 3.50. The molecule has 152 valence electrons. The third kappa shape index (κ3) is 5.93. The molecule has 0 aliphatic rings. The summed E-state index contributed by atoms with van der Waals surface area (Å²) in [5.74, 6) is 0.411. The molecule has 0 fully saturated rings. The lowest BCUT2D eigenvalue weighted by Crippen LogP contribution is -2.30. The summed E-state index contributed by atoms with van der Waals surface area (Å²) in [5, 5.41) is 10.1. The van der Waals surface area contributed by atoms with E-state index >= 15 is 0 Å². The van der Waals surface area contributed by atoms with Crippen LogP contribution in [-0.4, -0.2) is 35.2 Å². The summed E-state index contributed by atoms with van der Waals surface area (Å²) >= 11 is 0. The van der Waals surface area contributed by atoms with E-state index in [-0.39, 0.29) is 30.8 Å². The van der Waals surface area contributed by atoms with Gasteiger partial charge in [-0.25, -0.2) is 0 Å². The van der Waals surface area contributed by atoms with Gasteiger partial charge in [0.1, 0.15) is 12.3 Å². The zero-order chi connectivity index (χ0) is 20.5. The molecule has 0 bridgehead atoms. The molecule has 1 aromatic carbocycles. The molecule has 9 heteroatoms. The van der Waals surface area contributed by atoms with Gasteiger partial charge in [0.05, 0.1) is 12.9 Å². The number of nitrogens with zero attached hydrogens (tertiary/aromatic N) is 2. The molecule has 0 unspecified atom stereocenters. The van der Waals surface area contributed by atoms with Gasteiger partial charge in [-0.05, 0) is 42.8 Å². The number of amides is 1. The summed E-state index contributed by atoms with van der Waals surface area (Å²) in [6, 6.07) is 10.1. The second-order valence-corrected chi connectivity index (χ2v) is 6.05. The van der Waals surface area contributed by atoms with Gasteiger partial charge in [-0.2, -0.15) is 0 Å². The fourth-order valence-electron chi connectivity index (χ4n) is 2.30. The minimum Gasteiger partial charge on any atom is -0.494 e. The van der Waals surface area contributed by atoms with Crippen molar-refractivity contribution in [3.8, 4) is 17.4 Å². The van der Waals surface area contributed by atoms with Gasteiger partial charge in [0.25, 0.3) is 17.7 Å². The van der Waals surface area contributed by atoms with Crippen LogP contribution in [-0.2, 0) is 16.1 Å². The van der Waals surface area contributed by atoms with E-state index in [1.54, 1.807) is 36.4 Å². The lowest BCUT2D eigenvalue weighted by atomic mass is 10.2. The normalized spacial score (nSPS) is 10.5. The summed E-state index contributed by atoms with van der Waals surface area (Å²) < 4.78 is 21.0. The van der Waals surface area contributed by atoms with Crippen molar-refractivity contribution < 1.29 is 27.9 Å². The molecule has 0 radical (unpaired) electrons. The minimum atomic E-state index is -0.629. The molecule has 1 amide bonds. The molecule has 0 aliphatic carbocycles. The Balaban J connectivity index is 1.40. The topological polar surface area (TPSA) is 117 Å². The first kappa shape index (κ1) is 20.1. The Kier molecular flexibility index (Phi) is 6.99. The molecule has 9 nitrogen and oxygen atoms in total. The van der Waals surface area contributed by atoms with Gasteiger partial charge in [-0.15, -0.1) is 10.2 Å². The SMILES string of the molecule is CCCCOc1ccc(C(=O)NCC(=O)OCc2nnc(-c3ccco3)o2)cc1. The number of benzene rings is 1. The number of furan rings is 1. The van der Waals surface area contributed by atoms with Crippen LogP contribution in [0.25, 0.3) is 11.7 Å². The van der Waals surface area contributed by atoms with Crippen LogP contribution in [0.5, 0.6) is 5.75 Å². The lowest BCUT2D eigenvalue weighted by molar-refractivity contribution is -0.144. The first-order valence-electron chi connectivity index (χ1n) is 9.18. The highest BCUT2D eigenvalue weighted by Crippen LogP contribution is 2.18. The van der Waals surface area contributed by atoms with E-state index in [1.165, 1.54) is 6.26 Å². The first-order valence-corrected chi connectivity index (χ1v) is 9.18. The number of aromatic nitrogens is 2. The Morgan fingerprint density at radius 3 is 2.69 bits per heavy atom. The van der Waals surface area contributed by atoms with Gasteiger partial charge in [0.15, 0.2) is 12.4 Å². The van der Waals surface area contributed by atoms with Crippen LogP contribution in [0, 0.1) is 0 Å². The van der Waals surface area contributed by atoms with E-state index in [9.17, 15) is 9.59 Å². The van der Waals surface area contributed by atoms with E-state index in [0.29, 0.717) is 23.7 Å². The monoisotopic (exact) mass is 399 g/mol. The van der Waals surface area contributed by atoms with Crippen molar-refractivity contribution in [2.45, 2.75) is 26.4 Å².